The van der Waals surface area contributed by atoms with Gasteiger partial charge in [0.15, 0.2) is 5.82 Å². The van der Waals surface area contributed by atoms with Crippen LogP contribution in [0, 0.1) is 12.8 Å². The summed E-state index contributed by atoms with van der Waals surface area (Å²) in [6.45, 7) is 5.29. The molecule has 3 saturated heterocycles. The van der Waals surface area contributed by atoms with Crippen molar-refractivity contribution in [2.75, 3.05) is 37.8 Å². The molecule has 0 radical (unpaired) electrons. The smallest absolute Gasteiger partial charge is 0.223 e. The average Bonchev–Trinajstić information content (AvgIpc) is 3.15. The summed E-state index contributed by atoms with van der Waals surface area (Å²) >= 11 is 2.06. The second-order valence-electron chi connectivity index (χ2n) is 8.01. The Hall–Kier alpha value is -1.12. The number of thioether (sulfide) groups is 1. The van der Waals surface area contributed by atoms with E-state index in [1.54, 1.807) is 0 Å². The summed E-state index contributed by atoms with van der Waals surface area (Å²) in [6.07, 6.45) is 5.17. The molecule has 3 aliphatic heterocycles. The molecule has 2 atom stereocenters. The number of hydrogen-bond acceptors (Lipinski definition) is 6. The summed E-state index contributed by atoms with van der Waals surface area (Å²) in [5.74, 6) is 4.65. The standard InChI is InChI=1S/C19H31N5O2S/c1-13-20-18(23-22-13)16-2-7-24(15-5-10-27-11-6-15)12-17(16)21-19(25)14-3-8-26-9-4-14/h14-17H,2-12H2,1H3,(H,21,25)(H,20,22,23)/t16-,17+/m0/s1. The van der Waals surface area contributed by atoms with Crippen LogP contribution in [0.5, 0.6) is 0 Å². The van der Waals surface area contributed by atoms with Gasteiger partial charge in [-0.2, -0.15) is 16.9 Å². The van der Waals surface area contributed by atoms with Gasteiger partial charge in [0.1, 0.15) is 5.82 Å². The molecular formula is C19H31N5O2S. The maximum Gasteiger partial charge on any atom is 0.223 e. The van der Waals surface area contributed by atoms with Crippen molar-refractivity contribution < 1.29 is 9.53 Å². The lowest BCUT2D eigenvalue weighted by atomic mass is 9.88. The zero-order chi connectivity index (χ0) is 18.6. The lowest BCUT2D eigenvalue weighted by molar-refractivity contribution is -0.129. The van der Waals surface area contributed by atoms with Gasteiger partial charge in [0, 0.05) is 37.6 Å². The minimum absolute atomic E-state index is 0.0785. The summed E-state index contributed by atoms with van der Waals surface area (Å²) < 4.78 is 5.42. The lowest BCUT2D eigenvalue weighted by Crippen LogP contribution is -2.56. The van der Waals surface area contributed by atoms with Crippen molar-refractivity contribution in [2.24, 2.45) is 5.92 Å². The maximum absolute atomic E-state index is 12.9. The van der Waals surface area contributed by atoms with E-state index in [1.165, 1.54) is 24.3 Å². The van der Waals surface area contributed by atoms with Crippen molar-refractivity contribution in [3.05, 3.63) is 11.6 Å². The van der Waals surface area contributed by atoms with Crippen molar-refractivity contribution in [1.82, 2.24) is 25.4 Å². The summed E-state index contributed by atoms with van der Waals surface area (Å²) in [7, 11) is 0. The van der Waals surface area contributed by atoms with E-state index in [2.05, 4.69) is 37.2 Å². The number of nitrogens with zero attached hydrogens (tertiary/aromatic N) is 3. The largest absolute Gasteiger partial charge is 0.381 e. The molecule has 0 spiro atoms. The third-order valence-corrected chi connectivity index (χ3v) is 7.27. The van der Waals surface area contributed by atoms with Gasteiger partial charge in [0.05, 0.1) is 6.04 Å². The van der Waals surface area contributed by atoms with Crippen molar-refractivity contribution in [1.29, 1.82) is 0 Å². The SMILES string of the molecule is Cc1nc([C@H]2CCN(C3CCSCC3)C[C@H]2NC(=O)C2CCOCC2)n[nH]1. The van der Waals surface area contributed by atoms with Crippen molar-refractivity contribution in [3.8, 4) is 0 Å². The van der Waals surface area contributed by atoms with Crippen LogP contribution in [0.25, 0.3) is 0 Å². The monoisotopic (exact) mass is 393 g/mol. The Balaban J connectivity index is 1.46. The minimum atomic E-state index is 0.0785. The summed E-state index contributed by atoms with van der Waals surface area (Å²) in [4.78, 5) is 20.1. The first-order chi connectivity index (χ1) is 13.2. The molecule has 150 valence electrons. The third kappa shape index (κ3) is 4.66. The number of ether oxygens (including phenoxy) is 1. The van der Waals surface area contributed by atoms with E-state index in [0.717, 1.165) is 44.0 Å². The van der Waals surface area contributed by atoms with Crippen LogP contribution in [-0.2, 0) is 9.53 Å². The molecule has 4 heterocycles. The van der Waals surface area contributed by atoms with Crippen LogP contribution in [0.2, 0.25) is 0 Å². The number of aromatic nitrogens is 3. The Kier molecular flexibility index (Phi) is 6.35. The maximum atomic E-state index is 12.9. The van der Waals surface area contributed by atoms with Gasteiger partial charge in [-0.25, -0.2) is 4.98 Å². The first kappa shape index (κ1) is 19.2. The molecule has 0 aromatic carbocycles. The average molecular weight is 394 g/mol. The van der Waals surface area contributed by atoms with Gasteiger partial charge < -0.3 is 10.1 Å². The van der Waals surface area contributed by atoms with Gasteiger partial charge in [0.2, 0.25) is 5.91 Å². The van der Waals surface area contributed by atoms with Crippen LogP contribution >= 0.6 is 11.8 Å². The number of aromatic amines is 1. The highest BCUT2D eigenvalue weighted by molar-refractivity contribution is 7.99. The summed E-state index contributed by atoms with van der Waals surface area (Å²) in [5.41, 5.74) is 0. The van der Waals surface area contributed by atoms with E-state index < -0.39 is 0 Å². The summed E-state index contributed by atoms with van der Waals surface area (Å²) in [5, 5.41) is 10.8. The third-order valence-electron chi connectivity index (χ3n) is 6.22. The molecule has 8 heteroatoms. The molecule has 1 amide bonds. The highest BCUT2D eigenvalue weighted by atomic mass is 32.2. The molecule has 3 aliphatic rings. The number of H-pyrrole nitrogens is 1. The number of carbonyl (C=O) groups excluding carboxylic acids is 1. The Morgan fingerprint density at radius 1 is 1.22 bits per heavy atom. The number of aryl methyl sites for hydroxylation is 1. The molecule has 1 aromatic heterocycles. The molecule has 7 nitrogen and oxygen atoms in total. The molecule has 27 heavy (non-hydrogen) atoms. The zero-order valence-electron chi connectivity index (χ0n) is 16.2. The number of rotatable bonds is 4. The van der Waals surface area contributed by atoms with Crippen LogP contribution < -0.4 is 5.32 Å². The fourth-order valence-corrected chi connectivity index (χ4v) is 5.68. The fraction of sp³-hybridized carbons (Fsp3) is 0.842. The first-order valence-electron chi connectivity index (χ1n) is 10.3. The zero-order valence-corrected chi connectivity index (χ0v) is 17.0. The number of piperidine rings is 1. The predicted octanol–water partition coefficient (Wildman–Crippen LogP) is 1.71. The van der Waals surface area contributed by atoms with E-state index in [0.29, 0.717) is 19.3 Å². The van der Waals surface area contributed by atoms with E-state index in [-0.39, 0.29) is 23.8 Å². The normalized spacial score (nSPS) is 28.9. The van der Waals surface area contributed by atoms with Crippen LogP contribution in [0.3, 0.4) is 0 Å². The van der Waals surface area contributed by atoms with Crippen LogP contribution in [0.4, 0.5) is 0 Å². The fourth-order valence-electron chi connectivity index (χ4n) is 4.60. The van der Waals surface area contributed by atoms with Crippen LogP contribution in [0.15, 0.2) is 0 Å². The minimum Gasteiger partial charge on any atom is -0.381 e. The second-order valence-corrected chi connectivity index (χ2v) is 9.24. The molecular weight excluding hydrogens is 362 g/mol. The molecule has 4 rings (SSSR count). The molecule has 0 saturated carbocycles. The molecule has 3 fully saturated rings. The van der Waals surface area contributed by atoms with Crippen LogP contribution in [0.1, 0.15) is 49.7 Å². The van der Waals surface area contributed by atoms with E-state index >= 15 is 0 Å². The lowest BCUT2D eigenvalue weighted by Gasteiger charge is -2.43. The highest BCUT2D eigenvalue weighted by Crippen LogP contribution is 2.31. The van der Waals surface area contributed by atoms with Crippen molar-refractivity contribution in [3.63, 3.8) is 0 Å². The molecule has 0 unspecified atom stereocenters. The molecule has 2 N–H and O–H groups in total. The highest BCUT2D eigenvalue weighted by Gasteiger charge is 2.37. The van der Waals surface area contributed by atoms with Gasteiger partial charge in [-0.1, -0.05) is 0 Å². The molecule has 0 bridgehead atoms. The van der Waals surface area contributed by atoms with E-state index in [1.807, 2.05) is 6.92 Å². The van der Waals surface area contributed by atoms with Crippen LogP contribution in [-0.4, -0.2) is 75.9 Å². The number of nitrogens with one attached hydrogen (secondary N) is 2. The number of likely N-dealkylation sites (tertiary alicyclic amines) is 1. The molecule has 1 aromatic rings. The van der Waals surface area contributed by atoms with Crippen molar-refractivity contribution in [2.45, 2.75) is 57.0 Å². The Bertz CT molecular complexity index is 627. The van der Waals surface area contributed by atoms with Gasteiger partial charge in [0.25, 0.3) is 0 Å². The first-order valence-corrected chi connectivity index (χ1v) is 11.4. The van der Waals surface area contributed by atoms with Gasteiger partial charge >= 0.3 is 0 Å². The topological polar surface area (TPSA) is 83.1 Å². The van der Waals surface area contributed by atoms with E-state index in [9.17, 15) is 4.79 Å². The van der Waals surface area contributed by atoms with Gasteiger partial charge in [-0.05, 0) is 57.1 Å². The van der Waals surface area contributed by atoms with E-state index in [4.69, 9.17) is 4.74 Å². The molecule has 0 aliphatic carbocycles. The quantitative estimate of drug-likeness (QED) is 0.810. The van der Waals surface area contributed by atoms with Crippen molar-refractivity contribution >= 4 is 17.7 Å². The Morgan fingerprint density at radius 2 is 2.00 bits per heavy atom. The second kappa shape index (κ2) is 8.92. The number of hydrogen-bond donors (Lipinski definition) is 2. The Morgan fingerprint density at radius 3 is 2.70 bits per heavy atom. The Labute approximate surface area is 165 Å². The summed E-state index contributed by atoms with van der Waals surface area (Å²) in [6, 6.07) is 0.738. The van der Waals surface area contributed by atoms with Gasteiger partial charge in [-0.3, -0.25) is 14.8 Å². The van der Waals surface area contributed by atoms with Gasteiger partial charge in [-0.15, -0.1) is 0 Å². The number of amides is 1. The number of carbonyl (C=O) groups is 1. The predicted molar refractivity (Wildman–Crippen MR) is 106 cm³/mol.